The second-order valence-corrected chi connectivity index (χ2v) is 4.88. The molecule has 19 heavy (non-hydrogen) atoms. The van der Waals surface area contributed by atoms with Crippen LogP contribution in [-0.4, -0.2) is 42.1 Å². The van der Waals surface area contributed by atoms with Gasteiger partial charge in [-0.05, 0) is 25.5 Å². The van der Waals surface area contributed by atoms with Crippen molar-refractivity contribution in [3.8, 4) is 5.75 Å². The highest BCUT2D eigenvalue weighted by molar-refractivity contribution is 5.26. The molecule has 0 fully saturated rings. The van der Waals surface area contributed by atoms with E-state index in [0.29, 0.717) is 13.1 Å². The molecule has 0 aliphatic heterocycles. The summed E-state index contributed by atoms with van der Waals surface area (Å²) in [5.74, 6) is 0.760. The van der Waals surface area contributed by atoms with Crippen LogP contribution >= 0.6 is 0 Å². The Morgan fingerprint density at radius 3 is 2.37 bits per heavy atom. The fourth-order valence-electron chi connectivity index (χ4n) is 1.74. The van der Waals surface area contributed by atoms with Crippen molar-refractivity contribution < 1.29 is 14.9 Å². The lowest BCUT2D eigenvalue weighted by Gasteiger charge is -2.15. The maximum Gasteiger partial charge on any atom is 0.119 e. The van der Waals surface area contributed by atoms with Gasteiger partial charge in [-0.2, -0.15) is 0 Å². The second kappa shape index (κ2) is 8.91. The Labute approximate surface area is 115 Å². The van der Waals surface area contributed by atoms with Gasteiger partial charge in [0.15, 0.2) is 0 Å². The smallest absolute Gasteiger partial charge is 0.119 e. The van der Waals surface area contributed by atoms with E-state index in [-0.39, 0.29) is 12.7 Å². The molecule has 2 atom stereocenters. The van der Waals surface area contributed by atoms with E-state index in [0.717, 1.165) is 18.6 Å². The van der Waals surface area contributed by atoms with Crippen LogP contribution in [0.25, 0.3) is 0 Å². The molecular formula is C15H25NO3. The zero-order chi connectivity index (χ0) is 14.1. The second-order valence-electron chi connectivity index (χ2n) is 4.88. The van der Waals surface area contributed by atoms with Gasteiger partial charge in [0.1, 0.15) is 18.5 Å². The normalized spacial score (nSPS) is 14.1. The number of aryl methyl sites for hydroxylation is 1. The number of benzene rings is 1. The van der Waals surface area contributed by atoms with Crippen molar-refractivity contribution in [1.82, 2.24) is 5.32 Å². The maximum absolute atomic E-state index is 9.74. The molecule has 0 radical (unpaired) electrons. The highest BCUT2D eigenvalue weighted by Crippen LogP contribution is 2.11. The largest absolute Gasteiger partial charge is 0.491 e. The minimum atomic E-state index is -0.574. The summed E-state index contributed by atoms with van der Waals surface area (Å²) in [5.41, 5.74) is 1.18. The number of rotatable bonds is 9. The van der Waals surface area contributed by atoms with Crippen LogP contribution in [0.15, 0.2) is 24.3 Å². The van der Waals surface area contributed by atoms with E-state index in [2.05, 4.69) is 5.32 Å². The summed E-state index contributed by atoms with van der Waals surface area (Å²) in [6.45, 7) is 5.24. The van der Waals surface area contributed by atoms with Crippen molar-refractivity contribution in [3.05, 3.63) is 29.8 Å². The summed E-state index contributed by atoms with van der Waals surface area (Å²) >= 11 is 0. The Bertz CT molecular complexity index is 340. The summed E-state index contributed by atoms with van der Waals surface area (Å²) in [7, 11) is 0. The van der Waals surface area contributed by atoms with Gasteiger partial charge in [-0.3, -0.25) is 0 Å². The van der Waals surface area contributed by atoms with Gasteiger partial charge in [0.25, 0.3) is 0 Å². The van der Waals surface area contributed by atoms with Gasteiger partial charge in [-0.15, -0.1) is 0 Å². The molecule has 0 bridgehead atoms. The molecule has 0 saturated carbocycles. The lowest BCUT2D eigenvalue weighted by molar-refractivity contribution is 0.0984. The fraction of sp³-hybridized carbons (Fsp3) is 0.600. The zero-order valence-corrected chi connectivity index (χ0v) is 11.8. The van der Waals surface area contributed by atoms with Crippen molar-refractivity contribution in [1.29, 1.82) is 0 Å². The molecule has 1 aromatic rings. The topological polar surface area (TPSA) is 61.7 Å². The average molecular weight is 267 g/mol. The minimum absolute atomic E-state index is 0.250. The third kappa shape index (κ3) is 7.15. The number of aliphatic hydroxyl groups excluding tert-OH is 2. The molecule has 1 rings (SSSR count). The predicted molar refractivity (Wildman–Crippen MR) is 76.5 cm³/mol. The Morgan fingerprint density at radius 2 is 1.74 bits per heavy atom. The Hall–Kier alpha value is -1.10. The third-order valence-electron chi connectivity index (χ3n) is 2.85. The monoisotopic (exact) mass is 267 g/mol. The number of nitrogens with one attached hydrogen (secondary N) is 1. The Balaban J connectivity index is 2.14. The van der Waals surface area contributed by atoms with E-state index in [9.17, 15) is 10.2 Å². The van der Waals surface area contributed by atoms with Crippen LogP contribution in [0.4, 0.5) is 0 Å². The molecule has 2 unspecified atom stereocenters. The molecule has 108 valence electrons. The summed E-state index contributed by atoms with van der Waals surface area (Å²) in [5, 5.41) is 22.3. The lowest BCUT2D eigenvalue weighted by atomic mass is 10.2. The number of ether oxygens (including phenoxy) is 1. The summed E-state index contributed by atoms with van der Waals surface area (Å²) in [6.07, 6.45) is 0.829. The summed E-state index contributed by atoms with van der Waals surface area (Å²) in [4.78, 5) is 0. The van der Waals surface area contributed by atoms with Gasteiger partial charge in [-0.25, -0.2) is 0 Å². The van der Waals surface area contributed by atoms with Crippen molar-refractivity contribution in [2.75, 3.05) is 19.7 Å². The van der Waals surface area contributed by atoms with Crippen LogP contribution in [-0.2, 0) is 0 Å². The van der Waals surface area contributed by atoms with E-state index in [1.165, 1.54) is 5.56 Å². The molecule has 0 saturated heterocycles. The highest BCUT2D eigenvalue weighted by atomic mass is 16.5. The molecule has 0 amide bonds. The lowest BCUT2D eigenvalue weighted by Crippen LogP contribution is -2.35. The van der Waals surface area contributed by atoms with Gasteiger partial charge in [-0.1, -0.05) is 31.0 Å². The van der Waals surface area contributed by atoms with Crippen molar-refractivity contribution >= 4 is 0 Å². The summed E-state index contributed by atoms with van der Waals surface area (Å²) in [6, 6.07) is 7.73. The first kappa shape index (κ1) is 16.0. The molecule has 4 heteroatoms. The van der Waals surface area contributed by atoms with Crippen molar-refractivity contribution in [2.45, 2.75) is 38.9 Å². The first-order chi connectivity index (χ1) is 9.11. The standard InChI is InChI=1S/C15H25NO3/c1-3-4-13(17)9-16-10-14(18)11-19-15-7-5-12(2)6-8-15/h5-8,13-14,16-18H,3-4,9-11H2,1-2H3. The van der Waals surface area contributed by atoms with Gasteiger partial charge in [0.05, 0.1) is 6.10 Å². The number of hydrogen-bond donors (Lipinski definition) is 3. The predicted octanol–water partition coefficient (Wildman–Crippen LogP) is 1.49. The highest BCUT2D eigenvalue weighted by Gasteiger charge is 2.07. The van der Waals surface area contributed by atoms with E-state index >= 15 is 0 Å². The van der Waals surface area contributed by atoms with Gasteiger partial charge < -0.3 is 20.3 Å². The Kier molecular flexibility index (Phi) is 7.48. The van der Waals surface area contributed by atoms with E-state index in [1.54, 1.807) is 0 Å². The zero-order valence-electron chi connectivity index (χ0n) is 11.8. The SMILES string of the molecule is CCCC(O)CNCC(O)COc1ccc(C)cc1. The fourth-order valence-corrected chi connectivity index (χ4v) is 1.74. The van der Waals surface area contributed by atoms with Gasteiger partial charge in [0, 0.05) is 13.1 Å². The van der Waals surface area contributed by atoms with Crippen LogP contribution < -0.4 is 10.1 Å². The van der Waals surface area contributed by atoms with Crippen LogP contribution in [0.1, 0.15) is 25.3 Å². The first-order valence-electron chi connectivity index (χ1n) is 6.88. The number of aliphatic hydroxyl groups is 2. The van der Waals surface area contributed by atoms with Gasteiger partial charge in [0.2, 0.25) is 0 Å². The third-order valence-corrected chi connectivity index (χ3v) is 2.85. The van der Waals surface area contributed by atoms with Crippen LogP contribution in [0, 0.1) is 6.92 Å². The molecular weight excluding hydrogens is 242 g/mol. The van der Waals surface area contributed by atoms with E-state index in [4.69, 9.17) is 4.74 Å². The van der Waals surface area contributed by atoms with Crippen LogP contribution in [0.5, 0.6) is 5.75 Å². The first-order valence-corrected chi connectivity index (χ1v) is 6.88. The Morgan fingerprint density at radius 1 is 1.11 bits per heavy atom. The maximum atomic E-state index is 9.74. The molecule has 1 aromatic carbocycles. The minimum Gasteiger partial charge on any atom is -0.491 e. The van der Waals surface area contributed by atoms with Crippen molar-refractivity contribution in [3.63, 3.8) is 0 Å². The van der Waals surface area contributed by atoms with E-state index < -0.39 is 6.10 Å². The molecule has 3 N–H and O–H groups in total. The molecule has 0 spiro atoms. The molecule has 0 aliphatic carbocycles. The molecule has 0 aliphatic rings. The average Bonchev–Trinajstić information content (AvgIpc) is 2.38. The quantitative estimate of drug-likeness (QED) is 0.634. The van der Waals surface area contributed by atoms with E-state index in [1.807, 2.05) is 38.1 Å². The molecule has 4 nitrogen and oxygen atoms in total. The molecule has 0 aromatic heterocycles. The number of hydrogen-bond acceptors (Lipinski definition) is 4. The summed E-state index contributed by atoms with van der Waals surface area (Å²) < 4.78 is 5.48. The van der Waals surface area contributed by atoms with Crippen molar-refractivity contribution in [2.24, 2.45) is 0 Å². The van der Waals surface area contributed by atoms with Crippen LogP contribution in [0.2, 0.25) is 0 Å². The molecule has 0 heterocycles. The van der Waals surface area contributed by atoms with Crippen LogP contribution in [0.3, 0.4) is 0 Å². The van der Waals surface area contributed by atoms with Gasteiger partial charge >= 0.3 is 0 Å².